The number of nitrogens with zero attached hydrogens (tertiary/aromatic N) is 4. The Labute approximate surface area is 109 Å². The Morgan fingerprint density at radius 1 is 1.39 bits per heavy atom. The van der Waals surface area contributed by atoms with Crippen LogP contribution in [0.15, 0.2) is 16.9 Å². The van der Waals surface area contributed by atoms with Crippen LogP contribution in [-0.2, 0) is 13.1 Å². The van der Waals surface area contributed by atoms with Gasteiger partial charge in [-0.15, -0.1) is 0 Å². The zero-order valence-corrected chi connectivity index (χ0v) is 11.2. The van der Waals surface area contributed by atoms with E-state index in [9.17, 15) is 4.79 Å². The molecular formula is C11H15N5OS. The van der Waals surface area contributed by atoms with Crippen molar-refractivity contribution in [3.8, 4) is 11.5 Å². The first-order chi connectivity index (χ1) is 8.67. The molecule has 0 spiro atoms. The fraction of sp³-hybridized carbons (Fsp3) is 0.455. The minimum absolute atomic E-state index is 0.113. The lowest BCUT2D eigenvalue weighted by Crippen LogP contribution is -2.21. The molecule has 0 aromatic carbocycles. The molecule has 0 aliphatic carbocycles. The van der Waals surface area contributed by atoms with E-state index in [0.29, 0.717) is 22.8 Å². The Bertz CT molecular complexity index is 654. The van der Waals surface area contributed by atoms with Crippen molar-refractivity contribution in [2.75, 3.05) is 0 Å². The molecule has 2 aromatic rings. The van der Waals surface area contributed by atoms with Crippen molar-refractivity contribution in [1.29, 1.82) is 0 Å². The van der Waals surface area contributed by atoms with Crippen molar-refractivity contribution in [3.05, 3.63) is 27.3 Å². The molecule has 0 saturated heterocycles. The van der Waals surface area contributed by atoms with E-state index in [1.807, 2.05) is 11.5 Å². The largest absolute Gasteiger partial charge is 0.299 e. The van der Waals surface area contributed by atoms with Crippen LogP contribution in [0.3, 0.4) is 0 Å². The molecule has 0 fully saturated rings. The van der Waals surface area contributed by atoms with Gasteiger partial charge in [0.25, 0.3) is 5.56 Å². The maximum Gasteiger partial charge on any atom is 0.266 e. The summed E-state index contributed by atoms with van der Waals surface area (Å²) in [5.74, 6) is 0.670. The van der Waals surface area contributed by atoms with Gasteiger partial charge in [-0.3, -0.25) is 14.5 Å². The normalized spacial score (nSPS) is 10.8. The molecule has 0 unspecified atom stereocenters. The molecule has 96 valence electrons. The van der Waals surface area contributed by atoms with Gasteiger partial charge in [0.15, 0.2) is 10.6 Å². The molecule has 18 heavy (non-hydrogen) atoms. The minimum Gasteiger partial charge on any atom is -0.299 e. The maximum absolute atomic E-state index is 11.5. The average molecular weight is 265 g/mol. The number of hydrogen-bond donors (Lipinski definition) is 1. The average Bonchev–Trinajstić information content (AvgIpc) is 2.73. The predicted octanol–water partition coefficient (Wildman–Crippen LogP) is 1.59. The van der Waals surface area contributed by atoms with Gasteiger partial charge in [0.2, 0.25) is 0 Å². The van der Waals surface area contributed by atoms with Crippen LogP contribution >= 0.6 is 12.2 Å². The molecular weight excluding hydrogens is 250 g/mol. The van der Waals surface area contributed by atoms with Crippen molar-refractivity contribution in [2.24, 2.45) is 0 Å². The summed E-state index contributed by atoms with van der Waals surface area (Å²) in [5.41, 5.74) is 0.537. The van der Waals surface area contributed by atoms with Gasteiger partial charge in [-0.25, -0.2) is 4.68 Å². The van der Waals surface area contributed by atoms with Gasteiger partial charge in [0.1, 0.15) is 5.69 Å². The molecule has 0 amide bonds. The van der Waals surface area contributed by atoms with Crippen LogP contribution in [-0.4, -0.2) is 24.5 Å². The zero-order valence-electron chi connectivity index (χ0n) is 10.4. The number of aromatic amines is 1. The molecule has 0 saturated carbocycles. The van der Waals surface area contributed by atoms with Gasteiger partial charge in [-0.2, -0.15) is 10.2 Å². The van der Waals surface area contributed by atoms with Crippen molar-refractivity contribution < 1.29 is 0 Å². The SMILES string of the molecule is CCCn1c(-c2ccc(=O)n(CC)n2)n[nH]c1=S. The lowest BCUT2D eigenvalue weighted by Gasteiger charge is -2.06. The molecule has 0 atom stereocenters. The van der Waals surface area contributed by atoms with E-state index in [1.165, 1.54) is 10.7 Å². The summed E-state index contributed by atoms with van der Waals surface area (Å²) in [7, 11) is 0. The third kappa shape index (κ3) is 2.26. The molecule has 2 rings (SSSR count). The molecule has 0 aliphatic heterocycles. The number of nitrogens with one attached hydrogen (secondary N) is 1. The Morgan fingerprint density at radius 2 is 2.17 bits per heavy atom. The number of aryl methyl sites for hydroxylation is 1. The van der Waals surface area contributed by atoms with E-state index in [2.05, 4.69) is 22.2 Å². The van der Waals surface area contributed by atoms with Gasteiger partial charge in [0, 0.05) is 19.2 Å². The summed E-state index contributed by atoms with van der Waals surface area (Å²) in [6.07, 6.45) is 0.953. The molecule has 0 bridgehead atoms. The summed E-state index contributed by atoms with van der Waals surface area (Å²) in [6, 6.07) is 3.17. The van der Waals surface area contributed by atoms with Gasteiger partial charge in [0.05, 0.1) is 0 Å². The molecule has 0 aliphatic rings. The van der Waals surface area contributed by atoms with Crippen LogP contribution < -0.4 is 5.56 Å². The van der Waals surface area contributed by atoms with Gasteiger partial charge < -0.3 is 0 Å². The van der Waals surface area contributed by atoms with Crippen molar-refractivity contribution in [1.82, 2.24) is 24.5 Å². The third-order valence-electron chi connectivity index (χ3n) is 2.60. The first-order valence-electron chi connectivity index (χ1n) is 5.91. The Morgan fingerprint density at radius 3 is 2.83 bits per heavy atom. The Hall–Kier alpha value is -1.76. The lowest BCUT2D eigenvalue weighted by molar-refractivity contribution is 0.612. The van der Waals surface area contributed by atoms with E-state index in [4.69, 9.17) is 12.2 Å². The van der Waals surface area contributed by atoms with Gasteiger partial charge in [-0.1, -0.05) is 6.92 Å². The second kappa shape index (κ2) is 5.26. The summed E-state index contributed by atoms with van der Waals surface area (Å²) < 4.78 is 3.87. The number of hydrogen-bond acceptors (Lipinski definition) is 4. The van der Waals surface area contributed by atoms with Crippen LogP contribution in [0.1, 0.15) is 20.3 Å². The van der Waals surface area contributed by atoms with E-state index < -0.39 is 0 Å². The fourth-order valence-electron chi connectivity index (χ4n) is 1.74. The highest BCUT2D eigenvalue weighted by Gasteiger charge is 2.10. The van der Waals surface area contributed by atoms with E-state index in [-0.39, 0.29) is 5.56 Å². The molecule has 6 nitrogen and oxygen atoms in total. The van der Waals surface area contributed by atoms with Crippen molar-refractivity contribution in [2.45, 2.75) is 33.4 Å². The first-order valence-corrected chi connectivity index (χ1v) is 6.32. The smallest absolute Gasteiger partial charge is 0.266 e. The van der Waals surface area contributed by atoms with E-state index >= 15 is 0 Å². The molecule has 2 heterocycles. The predicted molar refractivity (Wildman–Crippen MR) is 70.9 cm³/mol. The summed E-state index contributed by atoms with van der Waals surface area (Å²) in [6.45, 7) is 5.25. The third-order valence-corrected chi connectivity index (χ3v) is 2.91. The zero-order chi connectivity index (χ0) is 13.1. The molecule has 2 aromatic heterocycles. The van der Waals surface area contributed by atoms with E-state index in [0.717, 1.165) is 13.0 Å². The van der Waals surface area contributed by atoms with Crippen molar-refractivity contribution in [3.63, 3.8) is 0 Å². The second-order valence-corrected chi connectivity index (χ2v) is 4.26. The number of aromatic nitrogens is 5. The lowest BCUT2D eigenvalue weighted by atomic mass is 10.3. The van der Waals surface area contributed by atoms with Crippen LogP contribution in [0.4, 0.5) is 0 Å². The highest BCUT2D eigenvalue weighted by atomic mass is 32.1. The summed E-state index contributed by atoms with van der Waals surface area (Å²) in [4.78, 5) is 11.5. The Kier molecular flexibility index (Phi) is 3.71. The molecule has 0 radical (unpaired) electrons. The van der Waals surface area contributed by atoms with Crippen LogP contribution in [0.5, 0.6) is 0 Å². The second-order valence-electron chi connectivity index (χ2n) is 3.88. The summed E-state index contributed by atoms with van der Waals surface area (Å²) >= 11 is 5.17. The highest BCUT2D eigenvalue weighted by molar-refractivity contribution is 7.71. The van der Waals surface area contributed by atoms with Crippen LogP contribution in [0.2, 0.25) is 0 Å². The minimum atomic E-state index is -0.113. The Balaban J connectivity index is 2.55. The molecule has 7 heteroatoms. The quantitative estimate of drug-likeness (QED) is 0.852. The topological polar surface area (TPSA) is 68.5 Å². The van der Waals surface area contributed by atoms with Crippen LogP contribution in [0, 0.1) is 4.77 Å². The van der Waals surface area contributed by atoms with Gasteiger partial charge in [-0.05, 0) is 31.6 Å². The van der Waals surface area contributed by atoms with Crippen LogP contribution in [0.25, 0.3) is 11.5 Å². The van der Waals surface area contributed by atoms with Crippen molar-refractivity contribution >= 4 is 12.2 Å². The monoisotopic (exact) mass is 265 g/mol. The first kappa shape index (κ1) is 12.7. The summed E-state index contributed by atoms with van der Waals surface area (Å²) in [5, 5.41) is 11.2. The maximum atomic E-state index is 11.5. The highest BCUT2D eigenvalue weighted by Crippen LogP contribution is 2.13. The fourth-order valence-corrected chi connectivity index (χ4v) is 1.96. The van der Waals surface area contributed by atoms with E-state index in [1.54, 1.807) is 6.07 Å². The van der Waals surface area contributed by atoms with Gasteiger partial charge >= 0.3 is 0 Å². The number of H-pyrrole nitrogens is 1. The molecule has 1 N–H and O–H groups in total. The standard InChI is InChI=1S/C11H15N5OS/c1-3-7-15-10(12-13-11(15)18)8-5-6-9(17)16(4-2)14-8/h5-6H,3-4,7H2,1-2H3,(H,13,18). The number of rotatable bonds is 4.